The Kier molecular flexibility index (Phi) is 9.43. The number of carbonyl (C=O) groups excluding carboxylic acids is 1. The maximum absolute atomic E-state index is 14.1. The van der Waals surface area contributed by atoms with E-state index in [2.05, 4.69) is 10.6 Å². The number of carbonyl (C=O) groups is 1. The molecule has 3 atom stereocenters. The average Bonchev–Trinajstić information content (AvgIpc) is 3.70. The molecule has 2 saturated carbocycles. The van der Waals surface area contributed by atoms with Gasteiger partial charge in [-0.15, -0.1) is 0 Å². The summed E-state index contributed by atoms with van der Waals surface area (Å²) in [5.74, 6) is -2.17. The molecule has 3 fully saturated rings. The Hall–Kier alpha value is -1.80. The molecule has 0 unspecified atom stereocenters. The van der Waals surface area contributed by atoms with Crippen molar-refractivity contribution in [1.82, 2.24) is 15.5 Å². The van der Waals surface area contributed by atoms with Crippen LogP contribution in [-0.4, -0.2) is 54.7 Å². The second-order valence-corrected chi connectivity index (χ2v) is 11.8. The molecular weight excluding hydrogens is 479 g/mol. The highest BCUT2D eigenvalue weighted by Gasteiger charge is 2.42. The summed E-state index contributed by atoms with van der Waals surface area (Å²) in [5.41, 5.74) is -0.592. The second kappa shape index (κ2) is 12.4. The number of nitrogens with one attached hydrogen (secondary N) is 2. The lowest BCUT2D eigenvalue weighted by Crippen LogP contribution is -2.54. The maximum Gasteiger partial charge on any atom is 0.317 e. The summed E-state index contributed by atoms with van der Waals surface area (Å²) in [6.45, 7) is 1.58. The summed E-state index contributed by atoms with van der Waals surface area (Å²) in [4.78, 5) is 15.1. The maximum atomic E-state index is 14.1. The lowest BCUT2D eigenvalue weighted by atomic mass is 9.74. The number of likely N-dealkylation sites (N-methyl/N-ethyl adjacent to an activating group) is 1. The minimum absolute atomic E-state index is 0.0783. The molecule has 2 aliphatic carbocycles. The van der Waals surface area contributed by atoms with Gasteiger partial charge in [-0.25, -0.2) is 18.0 Å². The molecule has 1 aromatic rings. The smallest absolute Gasteiger partial charge is 0.317 e. The largest absolute Gasteiger partial charge is 0.385 e. The van der Waals surface area contributed by atoms with Crippen molar-refractivity contribution in [2.75, 3.05) is 26.7 Å². The number of piperidine rings is 1. The van der Waals surface area contributed by atoms with Crippen molar-refractivity contribution in [3.63, 3.8) is 0 Å². The number of halogens is 3. The highest BCUT2D eigenvalue weighted by Crippen LogP contribution is 2.42. The summed E-state index contributed by atoms with van der Waals surface area (Å²) < 4.78 is 41.3. The van der Waals surface area contributed by atoms with E-state index in [0.717, 1.165) is 31.6 Å². The monoisotopic (exact) mass is 523 g/mol. The van der Waals surface area contributed by atoms with Gasteiger partial charge in [0.25, 0.3) is 0 Å². The Labute approximate surface area is 219 Å². The van der Waals surface area contributed by atoms with E-state index in [1.807, 2.05) is 7.05 Å². The number of aliphatic hydroxyl groups is 1. The number of benzene rings is 1. The predicted molar refractivity (Wildman–Crippen MR) is 139 cm³/mol. The quantitative estimate of drug-likeness (QED) is 0.343. The Bertz CT molecular complexity index is 887. The zero-order valence-corrected chi connectivity index (χ0v) is 22.2. The molecule has 0 radical (unpaired) electrons. The molecule has 3 aliphatic rings. The third kappa shape index (κ3) is 7.85. The molecule has 37 heavy (non-hydrogen) atoms. The highest BCUT2D eigenvalue weighted by molar-refractivity contribution is 5.74. The van der Waals surface area contributed by atoms with Crippen LogP contribution < -0.4 is 10.6 Å². The first-order valence-electron chi connectivity index (χ1n) is 14.2. The number of urea groups is 1. The van der Waals surface area contributed by atoms with Crippen LogP contribution in [-0.2, 0) is 5.60 Å². The van der Waals surface area contributed by atoms with E-state index in [0.29, 0.717) is 50.9 Å². The zero-order chi connectivity index (χ0) is 26.5. The van der Waals surface area contributed by atoms with Crippen LogP contribution in [0.3, 0.4) is 0 Å². The average molecular weight is 524 g/mol. The molecule has 0 bridgehead atoms. The highest BCUT2D eigenvalue weighted by atomic mass is 19.3. The summed E-state index contributed by atoms with van der Waals surface area (Å²) in [6, 6.07) is 5.96. The van der Waals surface area contributed by atoms with E-state index in [1.165, 1.54) is 25.0 Å². The SMILES string of the molecule is CNC[C@H](CC1CCC(F)(F)CC1)NC(=O)N1CCC[C@@H]([C@@](O)(CCCC2CC2)c2cccc(F)c2)C1. The van der Waals surface area contributed by atoms with Crippen LogP contribution in [0.5, 0.6) is 0 Å². The van der Waals surface area contributed by atoms with Gasteiger partial charge in [-0.1, -0.05) is 31.4 Å². The van der Waals surface area contributed by atoms with Crippen molar-refractivity contribution >= 4 is 6.03 Å². The van der Waals surface area contributed by atoms with Crippen LogP contribution in [0.4, 0.5) is 18.0 Å². The van der Waals surface area contributed by atoms with Crippen LogP contribution in [0.2, 0.25) is 0 Å². The fourth-order valence-electron chi connectivity index (χ4n) is 6.40. The van der Waals surface area contributed by atoms with Crippen molar-refractivity contribution in [2.24, 2.45) is 17.8 Å². The Morgan fingerprint density at radius 2 is 1.95 bits per heavy atom. The molecule has 208 valence electrons. The zero-order valence-electron chi connectivity index (χ0n) is 22.2. The van der Waals surface area contributed by atoms with E-state index in [-0.39, 0.29) is 42.6 Å². The van der Waals surface area contributed by atoms with Crippen molar-refractivity contribution < 1.29 is 23.1 Å². The first kappa shape index (κ1) is 28.2. The van der Waals surface area contributed by atoms with E-state index >= 15 is 0 Å². The molecule has 8 heteroatoms. The van der Waals surface area contributed by atoms with Gasteiger partial charge < -0.3 is 20.6 Å². The number of alkyl halides is 2. The van der Waals surface area contributed by atoms with Gasteiger partial charge in [-0.2, -0.15) is 0 Å². The lowest BCUT2D eigenvalue weighted by Gasteiger charge is -2.43. The van der Waals surface area contributed by atoms with Gasteiger partial charge in [0, 0.05) is 44.4 Å². The lowest BCUT2D eigenvalue weighted by molar-refractivity contribution is -0.0563. The van der Waals surface area contributed by atoms with Crippen LogP contribution in [0.25, 0.3) is 0 Å². The summed E-state index contributed by atoms with van der Waals surface area (Å²) in [5, 5.41) is 18.3. The Balaban J connectivity index is 1.39. The van der Waals surface area contributed by atoms with Gasteiger partial charge in [-0.3, -0.25) is 0 Å². The third-order valence-electron chi connectivity index (χ3n) is 8.81. The molecule has 2 amide bonds. The van der Waals surface area contributed by atoms with E-state index in [9.17, 15) is 23.1 Å². The van der Waals surface area contributed by atoms with Gasteiger partial charge in [0.2, 0.25) is 5.92 Å². The van der Waals surface area contributed by atoms with E-state index in [1.54, 1.807) is 17.0 Å². The van der Waals surface area contributed by atoms with Crippen molar-refractivity contribution in [3.8, 4) is 0 Å². The van der Waals surface area contributed by atoms with Gasteiger partial charge in [0.1, 0.15) is 5.82 Å². The standard InChI is InChI=1S/C29H44F3N3O2/c1-33-19-26(17-22-11-14-28(31,32)15-12-22)34-27(36)35-16-4-7-24(20-35)29(37,13-3-5-21-9-10-21)23-6-2-8-25(30)18-23/h2,6,8,18,21-22,24,26,33,37H,3-5,7,9-17,19-20H2,1H3,(H,34,36)/t24-,26+,29-/m1/s1. The molecule has 3 N–H and O–H groups in total. The van der Waals surface area contributed by atoms with Crippen LogP contribution >= 0.6 is 0 Å². The van der Waals surface area contributed by atoms with Crippen LogP contribution in [0.1, 0.15) is 82.6 Å². The van der Waals surface area contributed by atoms with Gasteiger partial charge in [-0.05, 0) is 81.5 Å². The third-order valence-corrected chi connectivity index (χ3v) is 8.81. The van der Waals surface area contributed by atoms with Crippen LogP contribution in [0, 0.1) is 23.6 Å². The number of rotatable bonds is 11. The van der Waals surface area contributed by atoms with Crippen molar-refractivity contribution in [3.05, 3.63) is 35.6 Å². The summed E-state index contributed by atoms with van der Waals surface area (Å²) >= 11 is 0. The van der Waals surface area contributed by atoms with Crippen molar-refractivity contribution in [2.45, 2.75) is 94.6 Å². The fraction of sp³-hybridized carbons (Fsp3) is 0.759. The Morgan fingerprint density at radius 1 is 1.19 bits per heavy atom. The normalized spacial score (nSPS) is 24.9. The molecule has 1 heterocycles. The number of amides is 2. The first-order valence-corrected chi connectivity index (χ1v) is 14.2. The molecule has 0 aromatic heterocycles. The van der Waals surface area contributed by atoms with E-state index < -0.39 is 11.5 Å². The van der Waals surface area contributed by atoms with E-state index in [4.69, 9.17) is 0 Å². The fourth-order valence-corrected chi connectivity index (χ4v) is 6.40. The molecule has 4 rings (SSSR count). The van der Waals surface area contributed by atoms with Gasteiger partial charge in [0.05, 0.1) is 5.60 Å². The molecule has 5 nitrogen and oxygen atoms in total. The van der Waals surface area contributed by atoms with Gasteiger partial charge in [0.15, 0.2) is 0 Å². The molecule has 1 aliphatic heterocycles. The Morgan fingerprint density at radius 3 is 2.62 bits per heavy atom. The van der Waals surface area contributed by atoms with Crippen LogP contribution in [0.15, 0.2) is 24.3 Å². The minimum Gasteiger partial charge on any atom is -0.385 e. The summed E-state index contributed by atoms with van der Waals surface area (Å²) in [7, 11) is 1.83. The second-order valence-electron chi connectivity index (χ2n) is 11.8. The summed E-state index contributed by atoms with van der Waals surface area (Å²) in [6.07, 6.45) is 8.06. The topological polar surface area (TPSA) is 64.6 Å². The molecule has 1 aromatic carbocycles. The predicted octanol–water partition coefficient (Wildman–Crippen LogP) is 5.82. The first-order chi connectivity index (χ1) is 17.7. The molecule has 0 spiro atoms. The number of hydrogen-bond acceptors (Lipinski definition) is 3. The number of likely N-dealkylation sites (tertiary alicyclic amines) is 1. The minimum atomic E-state index is -2.56. The molecular formula is C29H44F3N3O2. The number of hydrogen-bond donors (Lipinski definition) is 3. The van der Waals surface area contributed by atoms with Crippen molar-refractivity contribution in [1.29, 1.82) is 0 Å². The number of nitrogens with zero attached hydrogens (tertiary/aromatic N) is 1. The van der Waals surface area contributed by atoms with Gasteiger partial charge >= 0.3 is 6.03 Å². The molecule has 1 saturated heterocycles.